The molecule has 0 bridgehead atoms. The number of hydrogen-bond donors (Lipinski definition) is 0. The van der Waals surface area contributed by atoms with Crippen molar-refractivity contribution in [3.05, 3.63) is 237 Å². The Balaban J connectivity index is 0.000000212. The van der Waals surface area contributed by atoms with Gasteiger partial charge in [0.15, 0.2) is 0 Å². The molecule has 2 atom stereocenters. The monoisotopic (exact) mass is 932 g/mol. The Kier molecular flexibility index (Phi) is 17.0. The molecule has 334 valence electrons. The van der Waals surface area contributed by atoms with Crippen LogP contribution >= 0.6 is 15.8 Å². The molecule has 0 amide bonds. The summed E-state index contributed by atoms with van der Waals surface area (Å²) >= 11 is 0. The molecule has 8 rings (SSSR count). The van der Waals surface area contributed by atoms with Crippen LogP contribution in [0.5, 0.6) is 0 Å². The van der Waals surface area contributed by atoms with Crippen LogP contribution in [-0.2, 0) is 17.1 Å². The zero-order valence-corrected chi connectivity index (χ0v) is 43.4. The average molecular weight is 933 g/mol. The molecule has 8 aromatic carbocycles. The molecule has 5 heteroatoms. The van der Waals surface area contributed by atoms with Crippen molar-refractivity contribution in [2.75, 3.05) is 28.2 Å². The van der Waals surface area contributed by atoms with Gasteiger partial charge in [0.25, 0.3) is 0 Å². The molecule has 0 fully saturated rings. The predicted molar refractivity (Wildman–Crippen MR) is 283 cm³/mol. The van der Waals surface area contributed by atoms with E-state index < -0.39 is 15.8 Å². The van der Waals surface area contributed by atoms with Crippen molar-refractivity contribution < 1.29 is 17.1 Å². The predicted octanol–water partition coefficient (Wildman–Crippen LogP) is 12.1. The van der Waals surface area contributed by atoms with E-state index in [1.165, 1.54) is 98.6 Å². The van der Waals surface area contributed by atoms with Crippen molar-refractivity contribution in [3.63, 3.8) is 0 Å². The summed E-state index contributed by atoms with van der Waals surface area (Å²) in [6.07, 6.45) is 0. The molecule has 0 aliphatic carbocycles. The number of hydrogen-bond acceptors (Lipinski definition) is 2. The van der Waals surface area contributed by atoms with Crippen LogP contribution < -0.4 is 31.8 Å². The minimum atomic E-state index is -0.669. The first-order valence-electron chi connectivity index (χ1n) is 22.5. The summed E-state index contributed by atoms with van der Waals surface area (Å²) in [5.74, 6) is 0. The minimum absolute atomic E-state index is 0. The first-order valence-corrected chi connectivity index (χ1v) is 25.2. The van der Waals surface area contributed by atoms with Gasteiger partial charge in [0, 0.05) is 12.1 Å². The largest absolute Gasteiger partial charge is 2.00 e. The van der Waals surface area contributed by atoms with Gasteiger partial charge in [0.1, 0.15) is 0 Å². The molecular weight excluding hydrogens is 866 g/mol. The summed E-state index contributed by atoms with van der Waals surface area (Å²) in [4.78, 5) is 4.68. The van der Waals surface area contributed by atoms with Gasteiger partial charge in [-0.1, -0.05) is 178 Å². The van der Waals surface area contributed by atoms with Gasteiger partial charge in [-0.25, -0.2) is 12.1 Å². The maximum absolute atomic E-state index is 2.39. The van der Waals surface area contributed by atoms with Crippen molar-refractivity contribution in [1.82, 2.24) is 9.80 Å². The summed E-state index contributed by atoms with van der Waals surface area (Å²) in [6, 6.07) is 64.3. The van der Waals surface area contributed by atoms with Crippen LogP contribution in [0.15, 0.2) is 170 Å². The molecule has 0 heterocycles. The molecule has 0 aliphatic rings. The van der Waals surface area contributed by atoms with Crippen LogP contribution in [0.25, 0.3) is 0 Å². The van der Waals surface area contributed by atoms with Gasteiger partial charge in [-0.05, 0) is 132 Å². The molecule has 0 saturated heterocycles. The van der Waals surface area contributed by atoms with Crippen LogP contribution in [0.3, 0.4) is 0 Å². The second-order valence-corrected chi connectivity index (χ2v) is 22.7. The Morgan fingerprint density at radius 2 is 0.600 bits per heavy atom. The molecule has 65 heavy (non-hydrogen) atoms. The van der Waals surface area contributed by atoms with E-state index in [0.717, 1.165) is 0 Å². The van der Waals surface area contributed by atoms with Gasteiger partial charge in [-0.15, -0.1) is 10.6 Å². The topological polar surface area (TPSA) is 6.48 Å². The normalized spacial score (nSPS) is 12.3. The van der Waals surface area contributed by atoms with E-state index in [1.54, 1.807) is 0 Å². The molecule has 0 spiro atoms. The fourth-order valence-electron chi connectivity index (χ4n) is 9.67. The summed E-state index contributed by atoms with van der Waals surface area (Å²) in [7, 11) is 7.40. The first-order chi connectivity index (χ1) is 30.7. The van der Waals surface area contributed by atoms with E-state index in [4.69, 9.17) is 0 Å². The smallest absolute Gasteiger partial charge is 0.310 e. The summed E-state index contributed by atoms with van der Waals surface area (Å²) in [5.41, 5.74) is 16.1. The quantitative estimate of drug-likeness (QED) is 0.0684. The Labute approximate surface area is 404 Å². The van der Waals surface area contributed by atoms with Crippen LogP contribution in [-0.4, -0.2) is 38.0 Å². The minimum Gasteiger partial charge on any atom is -0.310 e. The molecule has 8 aromatic rings. The third kappa shape index (κ3) is 12.0. The Bertz CT molecular complexity index is 2420. The van der Waals surface area contributed by atoms with Gasteiger partial charge in [0.2, 0.25) is 0 Å². The van der Waals surface area contributed by atoms with Gasteiger partial charge < -0.3 is 9.80 Å². The van der Waals surface area contributed by atoms with E-state index in [2.05, 4.69) is 263 Å². The number of aryl methyl sites for hydroxylation is 8. The van der Waals surface area contributed by atoms with Gasteiger partial charge in [0.05, 0.1) is 0 Å². The SMILES string of the molecule is Cc1cc(C)cc(P(c2cc(C)cc(C)c2)c2[cH-]ccc2[C@H](c2ccccc2)N(C)C)c1.Cc1cc(C)cc(P(c2cc(C)cc(C)c2)c2[cH-]ccc2[C@H](c2ccccc2)N(C)C)c1.[Fe+2]. The Morgan fingerprint density at radius 3 is 0.831 bits per heavy atom. The van der Waals surface area contributed by atoms with Gasteiger partial charge in [-0.3, -0.25) is 0 Å². The average Bonchev–Trinajstić information content (AvgIpc) is 3.88. The van der Waals surface area contributed by atoms with E-state index in [9.17, 15) is 0 Å². The summed E-state index contributed by atoms with van der Waals surface area (Å²) in [6.45, 7) is 17.7. The van der Waals surface area contributed by atoms with Crippen LogP contribution in [0.1, 0.15) is 78.8 Å². The number of benzene rings is 6. The van der Waals surface area contributed by atoms with Crippen LogP contribution in [0, 0.1) is 55.4 Å². The van der Waals surface area contributed by atoms with E-state index in [1.807, 2.05) is 0 Å². The second-order valence-electron chi connectivity index (χ2n) is 18.3. The van der Waals surface area contributed by atoms with Crippen molar-refractivity contribution in [3.8, 4) is 0 Å². The van der Waals surface area contributed by atoms with Crippen molar-refractivity contribution >= 4 is 47.7 Å². The fourth-order valence-corrected chi connectivity index (χ4v) is 15.4. The van der Waals surface area contributed by atoms with E-state index >= 15 is 0 Å². The van der Waals surface area contributed by atoms with Crippen LogP contribution in [0.4, 0.5) is 0 Å². The van der Waals surface area contributed by atoms with Crippen molar-refractivity contribution in [2.24, 2.45) is 0 Å². The van der Waals surface area contributed by atoms with Crippen LogP contribution in [0.2, 0.25) is 0 Å². The molecule has 0 saturated carbocycles. The maximum atomic E-state index is 2.39. The third-order valence-corrected chi connectivity index (χ3v) is 16.7. The number of rotatable bonds is 12. The summed E-state index contributed by atoms with van der Waals surface area (Å²) in [5, 5.41) is 8.64. The molecule has 0 radical (unpaired) electrons. The Morgan fingerprint density at radius 1 is 0.354 bits per heavy atom. The number of nitrogens with zero attached hydrogens (tertiary/aromatic N) is 2. The second kappa shape index (κ2) is 22.2. The van der Waals surface area contributed by atoms with E-state index in [0.29, 0.717) is 0 Å². The molecule has 0 unspecified atom stereocenters. The summed E-state index contributed by atoms with van der Waals surface area (Å²) < 4.78 is 0. The van der Waals surface area contributed by atoms with Crippen molar-refractivity contribution in [1.29, 1.82) is 0 Å². The van der Waals surface area contributed by atoms with Gasteiger partial charge >= 0.3 is 17.1 Å². The van der Waals surface area contributed by atoms with Crippen molar-refractivity contribution in [2.45, 2.75) is 67.5 Å². The third-order valence-electron chi connectivity index (χ3n) is 11.8. The molecule has 0 aromatic heterocycles. The van der Waals surface area contributed by atoms with E-state index in [-0.39, 0.29) is 29.2 Å². The molecule has 0 N–H and O–H groups in total. The molecular formula is C60H66FeN2P2. The van der Waals surface area contributed by atoms with Gasteiger partial charge in [-0.2, -0.15) is 35.4 Å². The fraction of sp³-hybridized carbons (Fsp3) is 0.233. The zero-order valence-electron chi connectivity index (χ0n) is 40.5. The molecule has 2 nitrogen and oxygen atoms in total. The maximum Gasteiger partial charge on any atom is 2.00 e. The zero-order chi connectivity index (χ0) is 45.7. The molecule has 0 aliphatic heterocycles. The standard InChI is InChI=1S/2C30H33NP.Fe/c2*1-21-15-22(2)18-26(17-21)32(27-19-23(3)16-24(4)20-27)29-14-10-13-28(29)30(31(5)6)25-11-8-7-9-12-25;/h2*7-20,30H,1-6H3;/q2*-1;+2/t2*30-;/m00./s1. The first kappa shape index (κ1) is 49.7. The Hall–Kier alpha value is -4.68.